The van der Waals surface area contributed by atoms with E-state index in [4.69, 9.17) is 11.6 Å². The van der Waals surface area contributed by atoms with E-state index in [-0.39, 0.29) is 11.9 Å². The predicted molar refractivity (Wildman–Crippen MR) is 60.1 cm³/mol. The number of hydrogen-bond acceptors (Lipinski definition) is 2. The van der Waals surface area contributed by atoms with Crippen LogP contribution in [0.5, 0.6) is 0 Å². The van der Waals surface area contributed by atoms with E-state index < -0.39 is 0 Å². The lowest BCUT2D eigenvalue weighted by atomic mass is 10.3. The molecule has 2 nitrogen and oxygen atoms in total. The van der Waals surface area contributed by atoms with E-state index in [9.17, 15) is 4.79 Å². The fourth-order valence-corrected chi connectivity index (χ4v) is 1.88. The molecule has 0 radical (unpaired) electrons. The highest BCUT2D eigenvalue weighted by molar-refractivity contribution is 9.09. The van der Waals surface area contributed by atoms with Crippen LogP contribution in [0.1, 0.15) is 16.6 Å². The van der Waals surface area contributed by atoms with Gasteiger partial charge in [-0.25, -0.2) is 0 Å². The highest BCUT2D eigenvalue weighted by atomic mass is 79.9. The Bertz CT molecular complexity index is 302. The van der Waals surface area contributed by atoms with Crippen LogP contribution in [0.2, 0.25) is 4.34 Å². The molecule has 0 spiro atoms. The van der Waals surface area contributed by atoms with Crippen LogP contribution in [0.3, 0.4) is 0 Å². The molecule has 1 amide bonds. The Balaban J connectivity index is 2.58. The summed E-state index contributed by atoms with van der Waals surface area (Å²) in [4.78, 5) is 12.1. The van der Waals surface area contributed by atoms with Crippen LogP contribution in [0.4, 0.5) is 0 Å². The molecule has 1 unspecified atom stereocenters. The zero-order chi connectivity index (χ0) is 9.84. The van der Waals surface area contributed by atoms with Crippen LogP contribution in [0, 0.1) is 0 Å². The van der Waals surface area contributed by atoms with Crippen molar-refractivity contribution in [3.05, 3.63) is 21.3 Å². The Kier molecular flexibility index (Phi) is 4.22. The number of hydrogen-bond donors (Lipinski definition) is 1. The number of halogens is 2. The summed E-state index contributed by atoms with van der Waals surface area (Å²) < 4.78 is 0.636. The Morgan fingerprint density at radius 2 is 2.46 bits per heavy atom. The molecule has 0 aromatic carbocycles. The predicted octanol–water partition coefficient (Wildman–Crippen LogP) is 2.91. The first-order valence-electron chi connectivity index (χ1n) is 3.75. The van der Waals surface area contributed by atoms with Crippen LogP contribution in [0.15, 0.2) is 12.1 Å². The van der Waals surface area contributed by atoms with Crippen molar-refractivity contribution in [1.82, 2.24) is 5.32 Å². The SMILES string of the molecule is CC(CBr)NC(=O)c1ccc(Cl)s1. The van der Waals surface area contributed by atoms with Gasteiger partial charge in [-0.05, 0) is 19.1 Å². The highest BCUT2D eigenvalue weighted by Crippen LogP contribution is 2.21. The molecule has 1 heterocycles. The normalized spacial score (nSPS) is 12.5. The van der Waals surface area contributed by atoms with Crippen molar-refractivity contribution in [3.63, 3.8) is 0 Å². The number of alkyl halides is 1. The fraction of sp³-hybridized carbons (Fsp3) is 0.375. The zero-order valence-electron chi connectivity index (χ0n) is 7.01. The van der Waals surface area contributed by atoms with Gasteiger partial charge in [0, 0.05) is 11.4 Å². The first-order valence-corrected chi connectivity index (χ1v) is 6.07. The second-order valence-corrected chi connectivity index (χ2v) is 5.00. The minimum atomic E-state index is -0.0659. The molecule has 0 aliphatic heterocycles. The number of amides is 1. The van der Waals surface area contributed by atoms with Crippen LogP contribution >= 0.6 is 38.9 Å². The molecule has 72 valence electrons. The molecule has 1 N–H and O–H groups in total. The average Bonchev–Trinajstić information content (AvgIpc) is 2.51. The number of nitrogens with one attached hydrogen (secondary N) is 1. The summed E-state index contributed by atoms with van der Waals surface area (Å²) in [6.45, 7) is 1.93. The molecule has 1 atom stereocenters. The maximum absolute atomic E-state index is 11.4. The Labute approximate surface area is 94.4 Å². The van der Waals surface area contributed by atoms with Gasteiger partial charge in [-0.1, -0.05) is 27.5 Å². The quantitative estimate of drug-likeness (QED) is 0.849. The molecule has 13 heavy (non-hydrogen) atoms. The van der Waals surface area contributed by atoms with Crippen LogP contribution in [-0.2, 0) is 0 Å². The topological polar surface area (TPSA) is 29.1 Å². The van der Waals surface area contributed by atoms with E-state index in [2.05, 4.69) is 21.2 Å². The molecule has 0 fully saturated rings. The molecule has 5 heteroatoms. The van der Waals surface area contributed by atoms with E-state index in [0.29, 0.717) is 9.21 Å². The Morgan fingerprint density at radius 3 is 2.92 bits per heavy atom. The summed E-state index contributed by atoms with van der Waals surface area (Å²) in [5, 5.41) is 3.57. The monoisotopic (exact) mass is 281 g/mol. The first-order chi connectivity index (χ1) is 6.13. The number of thiophene rings is 1. The third-order valence-electron chi connectivity index (χ3n) is 1.41. The summed E-state index contributed by atoms with van der Waals surface area (Å²) in [6.07, 6.45) is 0. The molecular weight excluding hydrogens is 274 g/mol. The maximum Gasteiger partial charge on any atom is 0.261 e. The summed E-state index contributed by atoms with van der Waals surface area (Å²) in [5.41, 5.74) is 0. The molecule has 0 saturated heterocycles. The highest BCUT2D eigenvalue weighted by Gasteiger charge is 2.10. The van der Waals surface area contributed by atoms with Gasteiger partial charge in [-0.2, -0.15) is 0 Å². The number of carbonyl (C=O) groups is 1. The van der Waals surface area contributed by atoms with Gasteiger partial charge < -0.3 is 5.32 Å². The van der Waals surface area contributed by atoms with Crippen LogP contribution in [-0.4, -0.2) is 17.3 Å². The van der Waals surface area contributed by atoms with Crippen molar-refractivity contribution >= 4 is 44.8 Å². The first kappa shape index (κ1) is 11.0. The maximum atomic E-state index is 11.4. The largest absolute Gasteiger partial charge is 0.348 e. The van der Waals surface area contributed by atoms with Gasteiger partial charge in [-0.3, -0.25) is 4.79 Å². The van der Waals surface area contributed by atoms with Crippen LogP contribution < -0.4 is 5.32 Å². The molecule has 1 aromatic rings. The average molecular weight is 283 g/mol. The standard InChI is InChI=1S/C8H9BrClNOS/c1-5(4-9)11-8(12)6-2-3-7(10)13-6/h2-3,5H,4H2,1H3,(H,11,12). The smallest absolute Gasteiger partial charge is 0.261 e. The summed E-state index contributed by atoms with van der Waals surface area (Å²) in [6, 6.07) is 3.58. The second-order valence-electron chi connectivity index (χ2n) is 2.63. The van der Waals surface area contributed by atoms with Crippen molar-refractivity contribution < 1.29 is 4.79 Å². The van der Waals surface area contributed by atoms with Gasteiger partial charge in [-0.15, -0.1) is 11.3 Å². The van der Waals surface area contributed by atoms with Crippen molar-refractivity contribution in [2.75, 3.05) is 5.33 Å². The molecule has 1 rings (SSSR count). The van der Waals surface area contributed by atoms with E-state index >= 15 is 0 Å². The van der Waals surface area contributed by atoms with E-state index in [1.807, 2.05) is 6.92 Å². The van der Waals surface area contributed by atoms with E-state index in [1.54, 1.807) is 12.1 Å². The van der Waals surface area contributed by atoms with Crippen molar-refractivity contribution in [3.8, 4) is 0 Å². The number of carbonyl (C=O) groups excluding carboxylic acids is 1. The molecule has 1 aromatic heterocycles. The number of rotatable bonds is 3. The van der Waals surface area contributed by atoms with Crippen molar-refractivity contribution in [1.29, 1.82) is 0 Å². The van der Waals surface area contributed by atoms with Crippen molar-refractivity contribution in [2.24, 2.45) is 0 Å². The van der Waals surface area contributed by atoms with E-state index in [0.717, 1.165) is 5.33 Å². The lowest BCUT2D eigenvalue weighted by Gasteiger charge is -2.08. The third kappa shape index (κ3) is 3.29. The lowest BCUT2D eigenvalue weighted by molar-refractivity contribution is 0.0948. The molecule has 0 bridgehead atoms. The molecular formula is C8H9BrClNOS. The van der Waals surface area contributed by atoms with Gasteiger partial charge >= 0.3 is 0 Å². The zero-order valence-corrected chi connectivity index (χ0v) is 10.2. The molecule has 0 saturated carbocycles. The van der Waals surface area contributed by atoms with Crippen LogP contribution in [0.25, 0.3) is 0 Å². The summed E-state index contributed by atoms with van der Waals surface area (Å²) in [7, 11) is 0. The van der Waals surface area contributed by atoms with Crippen molar-refractivity contribution in [2.45, 2.75) is 13.0 Å². The summed E-state index contributed by atoms with van der Waals surface area (Å²) in [5.74, 6) is -0.0659. The minimum Gasteiger partial charge on any atom is -0.348 e. The van der Waals surface area contributed by atoms with Gasteiger partial charge in [0.05, 0.1) is 9.21 Å². The molecule has 0 aliphatic carbocycles. The fourth-order valence-electron chi connectivity index (χ4n) is 0.770. The summed E-state index contributed by atoms with van der Waals surface area (Å²) >= 11 is 10.3. The lowest BCUT2D eigenvalue weighted by Crippen LogP contribution is -2.32. The van der Waals surface area contributed by atoms with Gasteiger partial charge in [0.2, 0.25) is 0 Å². The second kappa shape index (κ2) is 4.98. The van der Waals surface area contributed by atoms with Gasteiger partial charge in [0.1, 0.15) is 0 Å². The Hall–Kier alpha value is -0.0600. The van der Waals surface area contributed by atoms with Gasteiger partial charge in [0.25, 0.3) is 5.91 Å². The molecule has 0 aliphatic rings. The third-order valence-corrected chi connectivity index (χ3v) is 3.61. The minimum absolute atomic E-state index is 0.0659. The van der Waals surface area contributed by atoms with E-state index in [1.165, 1.54) is 11.3 Å². The Morgan fingerprint density at radius 1 is 1.77 bits per heavy atom. The van der Waals surface area contributed by atoms with Gasteiger partial charge in [0.15, 0.2) is 0 Å².